The maximum Gasteiger partial charge on any atom is 0.118 e. The Morgan fingerprint density at radius 2 is 2.25 bits per heavy atom. The van der Waals surface area contributed by atoms with Gasteiger partial charge < -0.3 is 9.73 Å². The Morgan fingerprint density at radius 3 is 2.94 bits per heavy atom. The van der Waals surface area contributed by atoms with Gasteiger partial charge in [0.2, 0.25) is 0 Å². The third-order valence-electron chi connectivity index (χ3n) is 2.73. The lowest BCUT2D eigenvalue weighted by Crippen LogP contribution is -2.17. The average molecular weight is 220 g/mol. The fraction of sp³-hybridized carbons (Fsp3) is 0.538. The third kappa shape index (κ3) is 3.51. The summed E-state index contributed by atoms with van der Waals surface area (Å²) in [6, 6.07) is 4.85. The van der Waals surface area contributed by atoms with Gasteiger partial charge in [0.05, 0.1) is 13.1 Å². The second-order valence-corrected chi connectivity index (χ2v) is 4.51. The van der Waals surface area contributed by atoms with Crippen molar-refractivity contribution in [2.75, 3.05) is 13.6 Å². The monoisotopic (exact) mass is 220 g/mol. The van der Waals surface area contributed by atoms with E-state index in [1.54, 1.807) is 0 Å². The summed E-state index contributed by atoms with van der Waals surface area (Å²) in [5.41, 5.74) is 0. The van der Waals surface area contributed by atoms with Crippen LogP contribution in [0.4, 0.5) is 0 Å². The lowest BCUT2D eigenvalue weighted by atomic mass is 10.4. The zero-order chi connectivity index (χ0) is 11.4. The second-order valence-electron chi connectivity index (χ2n) is 4.51. The van der Waals surface area contributed by atoms with Crippen molar-refractivity contribution in [1.82, 2.24) is 10.2 Å². The third-order valence-corrected chi connectivity index (χ3v) is 2.73. The standard InChI is InChI=1S/C13H20N2O/c1-3-8-15(2)10-13-7-6-12(16-13)9-14-11-4-5-11/h3,6-7,11,14H,1,4-5,8-10H2,2H3. The van der Waals surface area contributed by atoms with Gasteiger partial charge in [-0.2, -0.15) is 0 Å². The quantitative estimate of drug-likeness (QED) is 0.714. The van der Waals surface area contributed by atoms with Crippen LogP contribution in [0.1, 0.15) is 24.4 Å². The van der Waals surface area contributed by atoms with E-state index in [2.05, 4.69) is 36.0 Å². The van der Waals surface area contributed by atoms with Gasteiger partial charge in [-0.05, 0) is 32.0 Å². The first-order valence-corrected chi connectivity index (χ1v) is 5.88. The Labute approximate surface area is 97.1 Å². The van der Waals surface area contributed by atoms with Gasteiger partial charge >= 0.3 is 0 Å². The van der Waals surface area contributed by atoms with Gasteiger partial charge in [-0.25, -0.2) is 0 Å². The largest absolute Gasteiger partial charge is 0.463 e. The summed E-state index contributed by atoms with van der Waals surface area (Å²) in [5, 5.41) is 3.44. The van der Waals surface area contributed by atoms with E-state index < -0.39 is 0 Å². The Hall–Kier alpha value is -1.06. The van der Waals surface area contributed by atoms with E-state index in [0.29, 0.717) is 0 Å². The zero-order valence-corrected chi connectivity index (χ0v) is 9.91. The Bertz CT molecular complexity index is 341. The molecule has 1 N–H and O–H groups in total. The predicted octanol–water partition coefficient (Wildman–Crippen LogP) is 2.15. The molecule has 1 heterocycles. The Morgan fingerprint density at radius 1 is 1.50 bits per heavy atom. The molecule has 0 unspecified atom stereocenters. The van der Waals surface area contributed by atoms with E-state index in [1.807, 2.05) is 6.08 Å². The minimum Gasteiger partial charge on any atom is -0.463 e. The summed E-state index contributed by atoms with van der Waals surface area (Å²) in [5.74, 6) is 2.06. The van der Waals surface area contributed by atoms with Crippen LogP contribution in [0.25, 0.3) is 0 Å². The molecule has 0 bridgehead atoms. The summed E-state index contributed by atoms with van der Waals surface area (Å²) in [4.78, 5) is 2.17. The molecular weight excluding hydrogens is 200 g/mol. The lowest BCUT2D eigenvalue weighted by molar-refractivity contribution is 0.314. The van der Waals surface area contributed by atoms with E-state index in [0.717, 1.165) is 37.2 Å². The fourth-order valence-corrected chi connectivity index (χ4v) is 1.69. The molecule has 1 fully saturated rings. The van der Waals surface area contributed by atoms with Gasteiger partial charge in [0, 0.05) is 12.6 Å². The normalized spacial score (nSPS) is 15.6. The maximum absolute atomic E-state index is 5.74. The zero-order valence-electron chi connectivity index (χ0n) is 9.91. The minimum atomic E-state index is 0.733. The fourth-order valence-electron chi connectivity index (χ4n) is 1.69. The van der Waals surface area contributed by atoms with Crippen molar-refractivity contribution >= 4 is 0 Å². The molecule has 0 aromatic carbocycles. The van der Waals surface area contributed by atoms with Crippen molar-refractivity contribution in [2.24, 2.45) is 0 Å². The van der Waals surface area contributed by atoms with Crippen LogP contribution in [0.5, 0.6) is 0 Å². The number of hydrogen-bond donors (Lipinski definition) is 1. The van der Waals surface area contributed by atoms with Crippen LogP contribution in [-0.4, -0.2) is 24.5 Å². The van der Waals surface area contributed by atoms with Crippen LogP contribution in [0, 0.1) is 0 Å². The first-order valence-electron chi connectivity index (χ1n) is 5.88. The molecule has 2 rings (SSSR count). The summed E-state index contributed by atoms with van der Waals surface area (Å²) in [7, 11) is 2.06. The molecule has 0 aliphatic heterocycles. The number of likely N-dealkylation sites (N-methyl/N-ethyl adjacent to an activating group) is 1. The topological polar surface area (TPSA) is 28.4 Å². The molecule has 3 heteroatoms. The number of rotatable bonds is 7. The molecule has 0 atom stereocenters. The molecule has 0 amide bonds. The van der Waals surface area contributed by atoms with Crippen LogP contribution in [0.15, 0.2) is 29.2 Å². The first kappa shape index (κ1) is 11.4. The highest BCUT2D eigenvalue weighted by Gasteiger charge is 2.20. The summed E-state index contributed by atoms with van der Waals surface area (Å²) >= 11 is 0. The number of hydrogen-bond acceptors (Lipinski definition) is 3. The van der Waals surface area contributed by atoms with Crippen LogP contribution in [0.3, 0.4) is 0 Å². The van der Waals surface area contributed by atoms with E-state index in [9.17, 15) is 0 Å². The van der Waals surface area contributed by atoms with Crippen LogP contribution < -0.4 is 5.32 Å². The number of furan rings is 1. The molecule has 0 saturated heterocycles. The summed E-state index contributed by atoms with van der Waals surface area (Å²) < 4.78 is 5.74. The molecule has 88 valence electrons. The highest BCUT2D eigenvalue weighted by molar-refractivity contribution is 5.07. The summed E-state index contributed by atoms with van der Waals surface area (Å²) in [6.45, 7) is 6.31. The molecule has 1 aliphatic carbocycles. The van der Waals surface area contributed by atoms with Gasteiger partial charge in [-0.1, -0.05) is 6.08 Å². The molecule has 16 heavy (non-hydrogen) atoms. The molecule has 1 saturated carbocycles. The first-order chi connectivity index (χ1) is 7.78. The van der Waals surface area contributed by atoms with Crippen molar-refractivity contribution < 1.29 is 4.42 Å². The van der Waals surface area contributed by atoms with Crippen molar-refractivity contribution in [3.05, 3.63) is 36.3 Å². The second kappa shape index (κ2) is 5.32. The van der Waals surface area contributed by atoms with Crippen molar-refractivity contribution in [2.45, 2.75) is 32.0 Å². The smallest absolute Gasteiger partial charge is 0.118 e. The highest BCUT2D eigenvalue weighted by Crippen LogP contribution is 2.19. The predicted molar refractivity (Wildman–Crippen MR) is 65.1 cm³/mol. The molecule has 0 spiro atoms. The molecular formula is C13H20N2O. The Kier molecular flexibility index (Phi) is 3.80. The van der Waals surface area contributed by atoms with Crippen LogP contribution in [-0.2, 0) is 13.1 Å². The minimum absolute atomic E-state index is 0.733. The molecule has 3 nitrogen and oxygen atoms in total. The van der Waals surface area contributed by atoms with E-state index in [-0.39, 0.29) is 0 Å². The van der Waals surface area contributed by atoms with E-state index >= 15 is 0 Å². The average Bonchev–Trinajstić information content (AvgIpc) is 2.98. The van der Waals surface area contributed by atoms with E-state index in [4.69, 9.17) is 4.42 Å². The van der Waals surface area contributed by atoms with Gasteiger partial charge in [0.1, 0.15) is 11.5 Å². The van der Waals surface area contributed by atoms with E-state index in [1.165, 1.54) is 12.8 Å². The SMILES string of the molecule is C=CCN(C)Cc1ccc(CNC2CC2)o1. The van der Waals surface area contributed by atoms with Crippen LogP contribution >= 0.6 is 0 Å². The lowest BCUT2D eigenvalue weighted by Gasteiger charge is -2.11. The molecule has 1 aromatic rings. The van der Waals surface area contributed by atoms with Crippen molar-refractivity contribution in [3.63, 3.8) is 0 Å². The molecule has 1 aromatic heterocycles. The molecule has 0 radical (unpaired) electrons. The van der Waals surface area contributed by atoms with Gasteiger partial charge in [0.15, 0.2) is 0 Å². The van der Waals surface area contributed by atoms with Gasteiger partial charge in [-0.3, -0.25) is 4.90 Å². The Balaban J connectivity index is 1.78. The summed E-state index contributed by atoms with van der Waals surface area (Å²) in [6.07, 6.45) is 4.53. The number of nitrogens with zero attached hydrogens (tertiary/aromatic N) is 1. The van der Waals surface area contributed by atoms with Crippen molar-refractivity contribution in [3.8, 4) is 0 Å². The maximum atomic E-state index is 5.74. The van der Waals surface area contributed by atoms with Crippen LogP contribution in [0.2, 0.25) is 0 Å². The van der Waals surface area contributed by atoms with Gasteiger partial charge in [0.25, 0.3) is 0 Å². The van der Waals surface area contributed by atoms with Crippen molar-refractivity contribution in [1.29, 1.82) is 0 Å². The highest BCUT2D eigenvalue weighted by atomic mass is 16.3. The molecule has 1 aliphatic rings. The van der Waals surface area contributed by atoms with Gasteiger partial charge in [-0.15, -0.1) is 6.58 Å². The number of nitrogens with one attached hydrogen (secondary N) is 1.